The summed E-state index contributed by atoms with van der Waals surface area (Å²) in [5, 5.41) is 19.3. The van der Waals surface area contributed by atoms with Crippen molar-refractivity contribution >= 4 is 11.8 Å². The zero-order chi connectivity index (χ0) is 20.3. The lowest BCUT2D eigenvalue weighted by atomic mass is 9.44. The third kappa shape index (κ3) is 2.97. The summed E-state index contributed by atoms with van der Waals surface area (Å²) in [5.74, 6) is 2.52. The Bertz CT molecular complexity index is 645. The SMILES string of the molecule is CC(CCC(=O)O)[C@H]1CC[C@H]2[C@@H]3CCC4CC(O)CC[C@]4(C)[C@H]3CC(=O)[C@]12C. The van der Waals surface area contributed by atoms with Crippen molar-refractivity contribution in [2.75, 3.05) is 0 Å². The van der Waals surface area contributed by atoms with Crippen LogP contribution in [0.4, 0.5) is 0 Å². The molecule has 4 heteroatoms. The van der Waals surface area contributed by atoms with Gasteiger partial charge in [0.1, 0.15) is 5.78 Å². The minimum absolute atomic E-state index is 0.148. The molecule has 4 saturated carbocycles. The van der Waals surface area contributed by atoms with Crippen LogP contribution in [0.2, 0.25) is 0 Å². The predicted octanol–water partition coefficient (Wildman–Crippen LogP) is 4.69. The minimum Gasteiger partial charge on any atom is -0.481 e. The summed E-state index contributed by atoms with van der Waals surface area (Å²) in [6.07, 6.45) is 8.96. The number of rotatable bonds is 4. The molecule has 28 heavy (non-hydrogen) atoms. The fourth-order valence-corrected chi connectivity index (χ4v) is 8.44. The number of ketones is 1. The maximum atomic E-state index is 13.6. The molecule has 0 aliphatic heterocycles. The van der Waals surface area contributed by atoms with E-state index in [0.717, 1.165) is 32.1 Å². The Morgan fingerprint density at radius 3 is 2.61 bits per heavy atom. The summed E-state index contributed by atoms with van der Waals surface area (Å²) < 4.78 is 0. The van der Waals surface area contributed by atoms with Crippen molar-refractivity contribution in [2.24, 2.45) is 46.3 Å². The van der Waals surface area contributed by atoms with Crippen molar-refractivity contribution in [2.45, 2.75) is 91.1 Å². The van der Waals surface area contributed by atoms with E-state index in [0.29, 0.717) is 54.1 Å². The molecule has 2 N–H and O–H groups in total. The highest BCUT2D eigenvalue weighted by molar-refractivity contribution is 5.87. The number of carbonyl (C=O) groups excluding carboxylic acids is 1. The topological polar surface area (TPSA) is 74.6 Å². The molecule has 3 unspecified atom stereocenters. The van der Waals surface area contributed by atoms with Crippen LogP contribution < -0.4 is 0 Å². The first-order valence-corrected chi connectivity index (χ1v) is 11.6. The Morgan fingerprint density at radius 1 is 1.14 bits per heavy atom. The Morgan fingerprint density at radius 2 is 1.89 bits per heavy atom. The van der Waals surface area contributed by atoms with Crippen molar-refractivity contribution in [3.8, 4) is 0 Å². The van der Waals surface area contributed by atoms with Crippen molar-refractivity contribution in [1.29, 1.82) is 0 Å². The van der Waals surface area contributed by atoms with Crippen LogP contribution in [-0.4, -0.2) is 28.1 Å². The largest absolute Gasteiger partial charge is 0.481 e. The molecule has 4 nitrogen and oxygen atoms in total. The van der Waals surface area contributed by atoms with Gasteiger partial charge in [0.2, 0.25) is 0 Å². The summed E-state index contributed by atoms with van der Waals surface area (Å²) >= 11 is 0. The zero-order valence-corrected chi connectivity index (χ0v) is 17.8. The lowest BCUT2D eigenvalue weighted by Gasteiger charge is -2.60. The molecule has 0 amide bonds. The van der Waals surface area contributed by atoms with Gasteiger partial charge in [-0.15, -0.1) is 0 Å². The van der Waals surface area contributed by atoms with Gasteiger partial charge in [-0.1, -0.05) is 20.8 Å². The van der Waals surface area contributed by atoms with E-state index in [9.17, 15) is 14.7 Å². The molecule has 4 aliphatic carbocycles. The van der Waals surface area contributed by atoms with E-state index in [-0.39, 0.29) is 23.4 Å². The van der Waals surface area contributed by atoms with Gasteiger partial charge >= 0.3 is 5.97 Å². The summed E-state index contributed by atoms with van der Waals surface area (Å²) in [4.78, 5) is 24.7. The molecule has 4 fully saturated rings. The maximum absolute atomic E-state index is 13.6. The molecule has 0 heterocycles. The van der Waals surface area contributed by atoms with Gasteiger partial charge in [-0.2, -0.15) is 0 Å². The number of aliphatic hydroxyl groups is 1. The molecule has 0 spiro atoms. The lowest BCUT2D eigenvalue weighted by molar-refractivity contribution is -0.160. The normalized spacial score (nSPS) is 49.1. The number of carboxylic acid groups (broad SMARTS) is 1. The number of hydrogen-bond donors (Lipinski definition) is 2. The van der Waals surface area contributed by atoms with Crippen molar-refractivity contribution in [3.63, 3.8) is 0 Å². The summed E-state index contributed by atoms with van der Waals surface area (Å²) in [6, 6.07) is 0. The Kier molecular flexibility index (Phi) is 5.17. The van der Waals surface area contributed by atoms with Crippen LogP contribution in [0.5, 0.6) is 0 Å². The van der Waals surface area contributed by atoms with E-state index >= 15 is 0 Å². The van der Waals surface area contributed by atoms with Gasteiger partial charge in [-0.3, -0.25) is 9.59 Å². The minimum atomic E-state index is -0.729. The average Bonchev–Trinajstić information content (AvgIpc) is 3.00. The Hall–Kier alpha value is -0.900. The highest BCUT2D eigenvalue weighted by Crippen LogP contribution is 2.67. The van der Waals surface area contributed by atoms with Crippen LogP contribution in [0.15, 0.2) is 0 Å². The predicted molar refractivity (Wildman–Crippen MR) is 108 cm³/mol. The molecule has 4 rings (SSSR count). The van der Waals surface area contributed by atoms with Crippen LogP contribution in [0, 0.1) is 46.3 Å². The average molecular weight is 391 g/mol. The van der Waals surface area contributed by atoms with Crippen LogP contribution in [-0.2, 0) is 9.59 Å². The molecule has 0 aromatic heterocycles. The van der Waals surface area contributed by atoms with Gasteiger partial charge < -0.3 is 10.2 Å². The van der Waals surface area contributed by atoms with Crippen LogP contribution in [0.25, 0.3) is 0 Å². The molecule has 158 valence electrons. The van der Waals surface area contributed by atoms with Gasteiger partial charge in [0.05, 0.1) is 6.10 Å². The van der Waals surface area contributed by atoms with Crippen LogP contribution in [0.1, 0.15) is 85.0 Å². The first-order chi connectivity index (χ1) is 13.2. The Balaban J connectivity index is 1.57. The van der Waals surface area contributed by atoms with Gasteiger partial charge in [0.15, 0.2) is 0 Å². The number of aliphatic hydroxyl groups excluding tert-OH is 1. The monoisotopic (exact) mass is 390 g/mol. The standard InChI is InChI=1S/C24H38O4/c1-14(4-9-22(27)28)18-7-8-19-17-6-5-15-12-16(25)10-11-23(15,2)20(17)13-21(26)24(18,19)3/h14-20,25H,4-13H2,1-3H3,(H,27,28)/t14?,15?,16?,17-,18+,19-,20-,23-,24+/m0/s1. The molecule has 0 bridgehead atoms. The number of carbonyl (C=O) groups is 2. The molecule has 0 aromatic carbocycles. The number of Topliss-reactive ketones (excluding diaryl/α,β-unsaturated/α-hetero) is 1. The van der Waals surface area contributed by atoms with Gasteiger partial charge in [-0.25, -0.2) is 0 Å². The second-order valence-electron chi connectivity index (χ2n) is 11.1. The van der Waals surface area contributed by atoms with E-state index in [2.05, 4.69) is 20.8 Å². The lowest BCUT2D eigenvalue weighted by Crippen LogP contribution is -2.57. The molecule has 0 saturated heterocycles. The molecule has 0 aromatic rings. The van der Waals surface area contributed by atoms with E-state index in [1.54, 1.807) is 0 Å². The number of aliphatic carboxylic acids is 1. The van der Waals surface area contributed by atoms with Gasteiger partial charge in [0, 0.05) is 18.3 Å². The Labute approximate surface area is 169 Å². The maximum Gasteiger partial charge on any atom is 0.303 e. The van der Waals surface area contributed by atoms with Gasteiger partial charge in [-0.05, 0) is 92.3 Å². The second-order valence-corrected chi connectivity index (χ2v) is 11.1. The summed E-state index contributed by atoms with van der Waals surface area (Å²) in [7, 11) is 0. The molecular formula is C24H38O4. The number of fused-ring (bicyclic) bond motifs is 5. The quantitative estimate of drug-likeness (QED) is 0.730. The molecular weight excluding hydrogens is 352 g/mol. The highest BCUT2D eigenvalue weighted by atomic mass is 16.4. The van der Waals surface area contributed by atoms with Crippen LogP contribution >= 0.6 is 0 Å². The second kappa shape index (κ2) is 7.11. The zero-order valence-electron chi connectivity index (χ0n) is 17.8. The van der Waals surface area contributed by atoms with E-state index in [1.165, 1.54) is 12.8 Å². The molecule has 9 atom stereocenters. The van der Waals surface area contributed by atoms with Gasteiger partial charge in [0.25, 0.3) is 0 Å². The van der Waals surface area contributed by atoms with E-state index in [4.69, 9.17) is 5.11 Å². The smallest absolute Gasteiger partial charge is 0.303 e. The first-order valence-electron chi connectivity index (χ1n) is 11.6. The van der Waals surface area contributed by atoms with Crippen molar-refractivity contribution < 1.29 is 19.8 Å². The fraction of sp³-hybridized carbons (Fsp3) is 0.917. The highest BCUT2D eigenvalue weighted by Gasteiger charge is 2.63. The fourth-order valence-electron chi connectivity index (χ4n) is 8.44. The molecule has 4 aliphatic rings. The van der Waals surface area contributed by atoms with Crippen molar-refractivity contribution in [3.05, 3.63) is 0 Å². The third-order valence-electron chi connectivity index (χ3n) is 10.1. The van der Waals surface area contributed by atoms with E-state index in [1.807, 2.05) is 0 Å². The summed E-state index contributed by atoms with van der Waals surface area (Å²) in [5.41, 5.74) is -0.0391. The molecule has 0 radical (unpaired) electrons. The summed E-state index contributed by atoms with van der Waals surface area (Å²) in [6.45, 7) is 6.81. The van der Waals surface area contributed by atoms with E-state index < -0.39 is 5.97 Å². The van der Waals surface area contributed by atoms with Crippen molar-refractivity contribution in [1.82, 2.24) is 0 Å². The number of hydrogen-bond acceptors (Lipinski definition) is 3. The number of carboxylic acids is 1. The van der Waals surface area contributed by atoms with Crippen LogP contribution in [0.3, 0.4) is 0 Å². The first kappa shape index (κ1) is 20.4. The third-order valence-corrected chi connectivity index (χ3v) is 10.1.